The van der Waals surface area contributed by atoms with Gasteiger partial charge in [-0.3, -0.25) is 19.2 Å². The van der Waals surface area contributed by atoms with Gasteiger partial charge in [-0.05, 0) is 75.5 Å². The molecule has 4 rings (SSSR count). The first-order valence-electron chi connectivity index (χ1n) is 26.7. The molecule has 0 unspecified atom stereocenters. The maximum Gasteiger partial charge on any atom is 0.408 e. The van der Waals surface area contributed by atoms with Crippen molar-refractivity contribution in [2.75, 3.05) is 0 Å². The fourth-order valence-electron chi connectivity index (χ4n) is 6.89. The van der Waals surface area contributed by atoms with Crippen LogP contribution < -0.4 is 34.0 Å². The molecule has 0 radical (unpaired) electrons. The minimum Gasteiger partial charge on any atom is -0.481 e. The van der Waals surface area contributed by atoms with Crippen LogP contribution in [-0.2, 0) is 83.3 Å². The molecule has 24 heteroatoms. The number of hydrogen-bond acceptors (Lipinski definition) is 20. The lowest BCUT2D eigenvalue weighted by atomic mass is 9.97. The third-order valence-electron chi connectivity index (χ3n) is 11.1. The number of ether oxygens (including phenoxy) is 5. The van der Waals surface area contributed by atoms with Crippen LogP contribution in [0.1, 0.15) is 116 Å². The van der Waals surface area contributed by atoms with E-state index in [0.717, 1.165) is 16.7 Å². The Bertz CT molecular complexity index is 2500. The van der Waals surface area contributed by atoms with E-state index in [0.29, 0.717) is 30.9 Å². The molecule has 3 aromatic carbocycles. The molecule has 1 heterocycles. The average molecular weight is 1150 g/mol. The van der Waals surface area contributed by atoms with Crippen molar-refractivity contribution in [3.05, 3.63) is 126 Å². The molecule has 454 valence electrons. The zero-order valence-corrected chi connectivity index (χ0v) is 48.1. The largest absolute Gasteiger partial charge is 0.481 e. The van der Waals surface area contributed by atoms with Crippen molar-refractivity contribution in [1.82, 2.24) is 15.3 Å². The van der Waals surface area contributed by atoms with Crippen molar-refractivity contribution in [3.8, 4) is 0 Å². The standard InChI is InChI=1S/C23H38N2O5.C21H25NO4.C9H14N4O3.C5H9NO4/c1-15(2)10-18(24)20(26)12-23(28)30-21(19(25)11-16(3)4)13-22(27)29-14-17-8-6-5-7-9-17;1-21(2,3)26-20(24)22-18(14-16-10-6-4-7-11-16)19(23)25-15-17-12-8-5-9-13-17;1-5(10)8(14)16-9(15)7(11)2-6-3-12-4-13-6;6-3(5(9)10)1-2-4(7)8/h5-9,15-16,18-21,26H,10-14,24-25H2,1-4H3;4-13,18H,14-15H2,1-3H3,(H,22,24);3-5,7H,2,10-11H2,1H3,(H,12,13);3H,1-2,6H2,(H,7,8)(H,9,10)/t18-,19-,20-,21-;18-;5-,7-;3-/m0000/s1. The van der Waals surface area contributed by atoms with Crippen LogP contribution in [0.5, 0.6) is 0 Å². The van der Waals surface area contributed by atoms with Crippen molar-refractivity contribution in [2.24, 2.45) is 40.5 Å². The van der Waals surface area contributed by atoms with Gasteiger partial charge >= 0.3 is 47.9 Å². The highest BCUT2D eigenvalue weighted by atomic mass is 16.6. The van der Waals surface area contributed by atoms with Gasteiger partial charge in [-0.25, -0.2) is 24.2 Å². The van der Waals surface area contributed by atoms with E-state index in [-0.39, 0.29) is 51.2 Å². The molecule has 0 saturated heterocycles. The molecular weight excluding hydrogens is 1060 g/mol. The molecule has 8 atom stereocenters. The summed E-state index contributed by atoms with van der Waals surface area (Å²) >= 11 is 0. The number of carbonyl (C=O) groups is 8. The number of aromatic amines is 1. The second-order valence-corrected chi connectivity index (χ2v) is 21.0. The predicted octanol–water partition coefficient (Wildman–Crippen LogP) is 4.35. The highest BCUT2D eigenvalue weighted by Crippen LogP contribution is 2.17. The van der Waals surface area contributed by atoms with Gasteiger partial charge in [-0.2, -0.15) is 0 Å². The number of aromatic nitrogens is 2. The van der Waals surface area contributed by atoms with E-state index in [1.807, 2.05) is 119 Å². The van der Waals surface area contributed by atoms with Gasteiger partial charge in [0.1, 0.15) is 49.1 Å². The topological polar surface area (TPSA) is 414 Å². The number of nitrogens with one attached hydrogen (secondary N) is 2. The monoisotopic (exact) mass is 1150 g/mol. The van der Waals surface area contributed by atoms with Gasteiger partial charge in [0.2, 0.25) is 0 Å². The van der Waals surface area contributed by atoms with Gasteiger partial charge in [-0.15, -0.1) is 0 Å². The zero-order valence-electron chi connectivity index (χ0n) is 48.1. The number of aliphatic hydroxyl groups is 1. The molecule has 0 saturated carbocycles. The summed E-state index contributed by atoms with van der Waals surface area (Å²) in [6.45, 7) is 15.0. The van der Waals surface area contributed by atoms with Crippen molar-refractivity contribution in [3.63, 3.8) is 0 Å². The summed E-state index contributed by atoms with van der Waals surface area (Å²) in [7, 11) is 0. The van der Waals surface area contributed by atoms with Crippen LogP contribution >= 0.6 is 0 Å². The van der Waals surface area contributed by atoms with E-state index in [1.54, 1.807) is 27.0 Å². The maximum absolute atomic E-state index is 12.5. The van der Waals surface area contributed by atoms with Gasteiger partial charge in [0.05, 0.1) is 25.3 Å². The Hall–Kier alpha value is -7.61. The Kier molecular flexibility index (Phi) is 34.4. The fraction of sp³-hybridized carbons (Fsp3) is 0.500. The molecule has 0 aliphatic carbocycles. The van der Waals surface area contributed by atoms with Gasteiger partial charge in [0.15, 0.2) is 0 Å². The third kappa shape index (κ3) is 34.5. The summed E-state index contributed by atoms with van der Waals surface area (Å²) in [5, 5.41) is 29.1. The van der Waals surface area contributed by atoms with Crippen molar-refractivity contribution >= 4 is 47.9 Å². The Balaban J connectivity index is 0.000000585. The first-order valence-corrected chi connectivity index (χ1v) is 26.7. The zero-order chi connectivity index (χ0) is 62.0. The van der Waals surface area contributed by atoms with Crippen LogP contribution in [0.3, 0.4) is 0 Å². The number of esters is 5. The molecule has 1 aromatic heterocycles. The van der Waals surface area contributed by atoms with E-state index in [9.17, 15) is 43.5 Å². The van der Waals surface area contributed by atoms with Crippen LogP contribution in [0.25, 0.3) is 0 Å². The highest BCUT2D eigenvalue weighted by Gasteiger charge is 2.30. The average Bonchev–Trinajstić information content (AvgIpc) is 3.94. The summed E-state index contributed by atoms with van der Waals surface area (Å²) in [5.74, 6) is -4.82. The molecule has 0 aliphatic heterocycles. The molecule has 4 aromatic rings. The Labute approximate surface area is 479 Å². The first kappa shape index (κ1) is 72.4. The van der Waals surface area contributed by atoms with Crippen LogP contribution in [0.2, 0.25) is 0 Å². The van der Waals surface area contributed by atoms with Crippen molar-refractivity contribution in [2.45, 2.75) is 174 Å². The van der Waals surface area contributed by atoms with E-state index >= 15 is 0 Å². The number of alkyl carbamates (subject to hydrolysis) is 1. The molecule has 0 spiro atoms. The lowest BCUT2D eigenvalue weighted by Crippen LogP contribution is -2.45. The number of aliphatic carboxylic acids is 2. The first-order chi connectivity index (χ1) is 38.5. The van der Waals surface area contributed by atoms with Crippen LogP contribution in [0.4, 0.5) is 4.79 Å². The Morgan fingerprint density at radius 3 is 1.61 bits per heavy atom. The van der Waals surface area contributed by atoms with E-state index < -0.39 is 102 Å². The quantitative estimate of drug-likeness (QED) is 0.0225. The van der Waals surface area contributed by atoms with Crippen LogP contribution in [-0.4, -0.2) is 127 Å². The number of aliphatic hydroxyl groups excluding tert-OH is 1. The minimum atomic E-state index is -1.17. The molecule has 24 nitrogen and oxygen atoms in total. The van der Waals surface area contributed by atoms with Crippen molar-refractivity contribution in [1.29, 1.82) is 0 Å². The number of nitrogens with two attached hydrogens (primary N) is 5. The molecule has 0 bridgehead atoms. The number of imidazole rings is 1. The van der Waals surface area contributed by atoms with Gasteiger partial charge in [-0.1, -0.05) is 119 Å². The van der Waals surface area contributed by atoms with E-state index in [1.165, 1.54) is 13.3 Å². The van der Waals surface area contributed by atoms with Gasteiger partial charge in [0, 0.05) is 43.2 Å². The van der Waals surface area contributed by atoms with E-state index in [2.05, 4.69) is 20.0 Å². The number of carboxylic acids is 2. The summed E-state index contributed by atoms with van der Waals surface area (Å²) in [6, 6.07) is 23.5. The smallest absolute Gasteiger partial charge is 0.408 e. The number of carbonyl (C=O) groups excluding carboxylic acids is 6. The number of H-pyrrole nitrogens is 1. The number of nitrogens with zero attached hydrogens (tertiary/aromatic N) is 1. The molecule has 0 fully saturated rings. The van der Waals surface area contributed by atoms with Crippen molar-refractivity contribution < 1.29 is 77.4 Å². The SMILES string of the molecule is CC(C)(C)OC(=O)N[C@@H](Cc1ccccc1)C(=O)OCc1ccccc1.CC(C)C[C@H](N)[C@H](CC(=O)OCc1ccccc1)OC(=O)C[C@H](O)[C@@H](N)CC(C)C.C[C@H](N)C(=O)OC(=O)[C@@H](N)Cc1cnc[nH]1.N[C@@H](CCC(=O)O)C(=O)O. The maximum atomic E-state index is 12.5. The van der Waals surface area contributed by atoms with Gasteiger partial charge in [0.25, 0.3) is 0 Å². The summed E-state index contributed by atoms with van der Waals surface area (Å²) in [4.78, 5) is 98.1. The summed E-state index contributed by atoms with van der Waals surface area (Å²) < 4.78 is 25.9. The second kappa shape index (κ2) is 38.9. The van der Waals surface area contributed by atoms with Crippen LogP contribution in [0, 0.1) is 11.8 Å². The molecule has 0 aliphatic rings. The number of rotatable bonds is 27. The normalized spacial score (nSPS) is 13.8. The number of hydrogen-bond donors (Lipinski definition) is 10. The molecule has 1 amide bonds. The molecular formula is C58H86N8O16. The number of benzene rings is 3. The number of carboxylic acid groups (broad SMARTS) is 2. The Morgan fingerprint density at radius 1 is 0.634 bits per heavy atom. The fourth-order valence-corrected chi connectivity index (χ4v) is 6.89. The highest BCUT2D eigenvalue weighted by molar-refractivity contribution is 5.90. The third-order valence-corrected chi connectivity index (χ3v) is 11.1. The number of amides is 1. The van der Waals surface area contributed by atoms with E-state index in [4.69, 9.17) is 57.8 Å². The predicted molar refractivity (Wildman–Crippen MR) is 303 cm³/mol. The second-order valence-electron chi connectivity index (χ2n) is 21.0. The van der Waals surface area contributed by atoms with Gasteiger partial charge < -0.3 is 78.0 Å². The molecule has 15 N–H and O–H groups in total. The lowest BCUT2D eigenvalue weighted by Gasteiger charge is -2.26. The summed E-state index contributed by atoms with van der Waals surface area (Å²) in [6.07, 6.45) is 1.67. The lowest BCUT2D eigenvalue weighted by molar-refractivity contribution is -0.162. The summed E-state index contributed by atoms with van der Waals surface area (Å²) in [5.41, 5.74) is 30.7. The Morgan fingerprint density at radius 2 is 1.15 bits per heavy atom. The molecule has 82 heavy (non-hydrogen) atoms. The van der Waals surface area contributed by atoms with Crippen LogP contribution in [0.15, 0.2) is 104 Å². The minimum absolute atomic E-state index is 0.0231.